The molecule has 1 aliphatic heterocycles. The lowest BCUT2D eigenvalue weighted by Gasteiger charge is -2.36. The van der Waals surface area contributed by atoms with Gasteiger partial charge in [0.05, 0.1) is 0 Å². The monoisotopic (exact) mass is 284 g/mol. The molecule has 1 aromatic rings. The molecule has 2 rings (SSSR count). The van der Waals surface area contributed by atoms with E-state index < -0.39 is 6.09 Å². The molecule has 1 heterocycles. The predicted octanol–water partition coefficient (Wildman–Crippen LogP) is 2.26. The molecular weight excluding hydrogens is 264 g/mol. The largest absolute Gasteiger partial charge is 0.443 e. The number of ether oxygens (including phenoxy) is 1. The van der Waals surface area contributed by atoms with Gasteiger partial charge in [0, 0.05) is 0 Å². The quantitative estimate of drug-likeness (QED) is 0.891. The molecule has 0 atom stereocenters. The number of rotatable bonds is 4. The molecule has 1 aliphatic rings. The van der Waals surface area contributed by atoms with Gasteiger partial charge in [-0.1, -0.05) is 30.3 Å². The fourth-order valence-electron chi connectivity index (χ4n) is 2.52. The molecule has 0 bridgehead atoms. The molecule has 0 aromatic heterocycles. The van der Waals surface area contributed by atoms with Crippen LogP contribution < -0.4 is 11.1 Å². The lowest BCUT2D eigenvalue weighted by atomic mass is 9.86. The van der Waals surface area contributed by atoms with E-state index in [0.717, 1.165) is 38.8 Å². The van der Waals surface area contributed by atoms with Crippen LogP contribution in [0.2, 0.25) is 0 Å². The minimum absolute atomic E-state index is 0. The first-order valence-corrected chi connectivity index (χ1v) is 6.43. The molecule has 1 fully saturated rings. The van der Waals surface area contributed by atoms with E-state index in [-0.39, 0.29) is 18.0 Å². The van der Waals surface area contributed by atoms with Gasteiger partial charge in [-0.15, -0.1) is 12.4 Å². The molecule has 0 spiro atoms. The van der Waals surface area contributed by atoms with E-state index in [1.807, 2.05) is 18.2 Å². The second kappa shape index (κ2) is 7.36. The fraction of sp³-hybridized carbons (Fsp3) is 0.500. The first kappa shape index (κ1) is 15.8. The van der Waals surface area contributed by atoms with E-state index in [1.54, 1.807) is 0 Å². The molecule has 1 aromatic carbocycles. The van der Waals surface area contributed by atoms with Crippen LogP contribution in [-0.4, -0.2) is 24.8 Å². The molecule has 4 nitrogen and oxygen atoms in total. The number of halogens is 1. The number of nitrogens with two attached hydrogens (primary N) is 1. The Morgan fingerprint density at radius 3 is 2.47 bits per heavy atom. The van der Waals surface area contributed by atoms with Gasteiger partial charge in [0.2, 0.25) is 0 Å². The number of carbonyl (C=O) groups is 1. The number of hydrogen-bond donors (Lipinski definition) is 2. The van der Waals surface area contributed by atoms with Gasteiger partial charge >= 0.3 is 6.09 Å². The Bertz CT molecular complexity index is 392. The normalized spacial score (nSPS) is 17.3. The Kier molecular flexibility index (Phi) is 6.12. The van der Waals surface area contributed by atoms with Crippen molar-refractivity contribution in [3.05, 3.63) is 35.9 Å². The summed E-state index contributed by atoms with van der Waals surface area (Å²) in [6.45, 7) is 1.75. The zero-order valence-corrected chi connectivity index (χ0v) is 11.7. The second-order valence-corrected chi connectivity index (χ2v) is 4.84. The Labute approximate surface area is 120 Å². The number of piperidine rings is 1. The van der Waals surface area contributed by atoms with Crippen LogP contribution in [0.25, 0.3) is 0 Å². The number of amides is 1. The summed E-state index contributed by atoms with van der Waals surface area (Å²) < 4.78 is 5.40. The average molecular weight is 285 g/mol. The topological polar surface area (TPSA) is 64.4 Å². The summed E-state index contributed by atoms with van der Waals surface area (Å²) >= 11 is 0. The third kappa shape index (κ3) is 4.73. The molecule has 19 heavy (non-hydrogen) atoms. The summed E-state index contributed by atoms with van der Waals surface area (Å²) in [5, 5.41) is 3.28. The van der Waals surface area contributed by atoms with Crippen molar-refractivity contribution in [2.75, 3.05) is 13.1 Å². The van der Waals surface area contributed by atoms with Crippen LogP contribution in [0, 0.1) is 0 Å². The van der Waals surface area contributed by atoms with Gasteiger partial charge < -0.3 is 15.8 Å². The highest BCUT2D eigenvalue weighted by Gasteiger charge is 2.34. The molecule has 0 saturated carbocycles. The fourth-order valence-corrected chi connectivity index (χ4v) is 2.52. The number of nitrogens with one attached hydrogen (secondary N) is 1. The van der Waals surface area contributed by atoms with Gasteiger partial charge in [-0.3, -0.25) is 0 Å². The van der Waals surface area contributed by atoms with Crippen LogP contribution in [0.5, 0.6) is 0 Å². The Balaban J connectivity index is 0.00000180. The summed E-state index contributed by atoms with van der Waals surface area (Å²) in [5.41, 5.74) is 6.08. The van der Waals surface area contributed by atoms with Gasteiger partial charge in [0.15, 0.2) is 0 Å². The Morgan fingerprint density at radius 2 is 1.89 bits per heavy atom. The zero-order valence-electron chi connectivity index (χ0n) is 10.9. The van der Waals surface area contributed by atoms with Crippen molar-refractivity contribution in [3.8, 4) is 0 Å². The van der Waals surface area contributed by atoms with E-state index in [0.29, 0.717) is 0 Å². The Morgan fingerprint density at radius 1 is 1.26 bits per heavy atom. The number of benzene rings is 1. The van der Waals surface area contributed by atoms with E-state index in [2.05, 4.69) is 17.4 Å². The Hall–Kier alpha value is -1.26. The highest BCUT2D eigenvalue weighted by molar-refractivity contribution is 5.85. The first-order valence-electron chi connectivity index (χ1n) is 6.43. The number of primary amides is 1. The number of aryl methyl sites for hydroxylation is 1. The van der Waals surface area contributed by atoms with Crippen LogP contribution >= 0.6 is 12.4 Å². The average Bonchev–Trinajstić information content (AvgIpc) is 2.38. The standard InChI is InChI=1S/C14H20N2O2.ClH/c15-13(17)18-14(8-10-16-11-9-14)7-6-12-4-2-1-3-5-12;/h1-5,16H,6-11H2,(H2,15,17);1H. The molecule has 106 valence electrons. The maximum atomic E-state index is 11.1. The van der Waals surface area contributed by atoms with Gasteiger partial charge in [-0.25, -0.2) is 4.79 Å². The maximum absolute atomic E-state index is 11.1. The van der Waals surface area contributed by atoms with Gasteiger partial charge in [-0.05, 0) is 44.3 Å². The highest BCUT2D eigenvalue weighted by Crippen LogP contribution is 2.28. The van der Waals surface area contributed by atoms with Crippen LogP contribution in [0.3, 0.4) is 0 Å². The van der Waals surface area contributed by atoms with Crippen molar-refractivity contribution >= 4 is 18.5 Å². The molecule has 0 unspecified atom stereocenters. The summed E-state index contributed by atoms with van der Waals surface area (Å²) in [7, 11) is 0. The molecule has 1 saturated heterocycles. The molecule has 0 aliphatic carbocycles. The van der Waals surface area contributed by atoms with Crippen molar-refractivity contribution in [3.63, 3.8) is 0 Å². The zero-order chi connectivity index (χ0) is 12.8. The first-order chi connectivity index (χ1) is 8.70. The SMILES string of the molecule is Cl.NC(=O)OC1(CCc2ccccc2)CCNCC1. The third-order valence-corrected chi connectivity index (χ3v) is 3.54. The van der Waals surface area contributed by atoms with Crippen molar-refractivity contribution in [2.24, 2.45) is 5.73 Å². The van der Waals surface area contributed by atoms with Crippen molar-refractivity contribution in [2.45, 2.75) is 31.3 Å². The maximum Gasteiger partial charge on any atom is 0.405 e. The number of hydrogen-bond acceptors (Lipinski definition) is 3. The molecular formula is C14H21ClN2O2. The minimum atomic E-state index is -0.662. The van der Waals surface area contributed by atoms with E-state index in [1.165, 1.54) is 5.56 Å². The summed E-state index contributed by atoms with van der Waals surface area (Å²) in [6.07, 6.45) is 2.76. The smallest absolute Gasteiger partial charge is 0.405 e. The van der Waals surface area contributed by atoms with Crippen LogP contribution in [0.4, 0.5) is 4.79 Å². The highest BCUT2D eigenvalue weighted by atomic mass is 35.5. The minimum Gasteiger partial charge on any atom is -0.443 e. The van der Waals surface area contributed by atoms with Crippen LogP contribution in [-0.2, 0) is 11.2 Å². The van der Waals surface area contributed by atoms with Crippen molar-refractivity contribution < 1.29 is 9.53 Å². The van der Waals surface area contributed by atoms with Gasteiger partial charge in [0.25, 0.3) is 0 Å². The van der Waals surface area contributed by atoms with Crippen molar-refractivity contribution in [1.29, 1.82) is 0 Å². The summed E-state index contributed by atoms with van der Waals surface area (Å²) in [5.74, 6) is 0. The van der Waals surface area contributed by atoms with E-state index in [9.17, 15) is 4.79 Å². The predicted molar refractivity (Wildman–Crippen MR) is 77.5 cm³/mol. The van der Waals surface area contributed by atoms with Gasteiger partial charge in [0.1, 0.15) is 5.60 Å². The van der Waals surface area contributed by atoms with E-state index >= 15 is 0 Å². The van der Waals surface area contributed by atoms with E-state index in [4.69, 9.17) is 10.5 Å². The third-order valence-electron chi connectivity index (χ3n) is 3.54. The lowest BCUT2D eigenvalue weighted by molar-refractivity contribution is -0.0130. The lowest BCUT2D eigenvalue weighted by Crippen LogP contribution is -2.46. The van der Waals surface area contributed by atoms with Crippen molar-refractivity contribution in [1.82, 2.24) is 5.32 Å². The summed E-state index contributed by atoms with van der Waals surface area (Å²) in [4.78, 5) is 11.1. The van der Waals surface area contributed by atoms with Gasteiger partial charge in [-0.2, -0.15) is 0 Å². The molecule has 1 amide bonds. The molecule has 5 heteroatoms. The molecule has 0 radical (unpaired) electrons. The number of carbonyl (C=O) groups excluding carboxylic acids is 1. The van der Waals surface area contributed by atoms with Crippen LogP contribution in [0.1, 0.15) is 24.8 Å². The summed E-state index contributed by atoms with van der Waals surface area (Å²) in [6, 6.07) is 10.3. The molecule has 3 N–H and O–H groups in total. The van der Waals surface area contributed by atoms with Crippen LogP contribution in [0.15, 0.2) is 30.3 Å². The second-order valence-electron chi connectivity index (χ2n) is 4.84.